The molecule has 0 aliphatic carbocycles. The van der Waals surface area contributed by atoms with Crippen LogP contribution in [0.2, 0.25) is 0 Å². The molecule has 0 atom stereocenters. The Morgan fingerprint density at radius 3 is 2.58 bits per heavy atom. The van der Waals surface area contributed by atoms with Crippen LogP contribution in [0.25, 0.3) is 0 Å². The van der Waals surface area contributed by atoms with E-state index in [4.69, 9.17) is 4.74 Å². The van der Waals surface area contributed by atoms with Gasteiger partial charge in [0.2, 0.25) is 0 Å². The number of amides is 1. The van der Waals surface area contributed by atoms with Crippen LogP contribution in [0.4, 0.5) is 0 Å². The zero-order valence-electron chi connectivity index (χ0n) is 7.79. The highest BCUT2D eigenvalue weighted by Crippen LogP contribution is 2.09. The standard InChI is InChI=1S/C9H18NO2/c1-2-3-4-10(9-11)5-7-12-8-6-10/h9H,2-8H2,1H3/q+1. The molecule has 0 aromatic heterocycles. The molecule has 0 aromatic carbocycles. The van der Waals surface area contributed by atoms with Crippen LogP contribution in [-0.2, 0) is 9.53 Å². The molecule has 0 N–H and O–H groups in total. The predicted octanol–water partition coefficient (Wildman–Crippen LogP) is 0.790. The maximum absolute atomic E-state index is 10.9. The minimum absolute atomic E-state index is 0.619. The van der Waals surface area contributed by atoms with Gasteiger partial charge in [-0.3, -0.25) is 4.48 Å². The van der Waals surface area contributed by atoms with Gasteiger partial charge in [-0.15, -0.1) is 0 Å². The molecule has 3 nitrogen and oxygen atoms in total. The molecule has 1 aliphatic heterocycles. The smallest absolute Gasteiger partial charge is 0.301 e. The van der Waals surface area contributed by atoms with Crippen LogP contribution >= 0.6 is 0 Å². The highest BCUT2D eigenvalue weighted by Gasteiger charge is 2.29. The summed E-state index contributed by atoms with van der Waals surface area (Å²) in [4.78, 5) is 10.9. The van der Waals surface area contributed by atoms with Crippen molar-refractivity contribution >= 4 is 6.41 Å². The van der Waals surface area contributed by atoms with E-state index in [0.717, 1.165) is 52.1 Å². The third kappa shape index (κ3) is 2.29. The van der Waals surface area contributed by atoms with Crippen molar-refractivity contribution in [2.24, 2.45) is 0 Å². The molecule has 1 heterocycles. The number of carbonyl (C=O) groups is 1. The van der Waals surface area contributed by atoms with Crippen molar-refractivity contribution < 1.29 is 14.0 Å². The fourth-order valence-electron chi connectivity index (χ4n) is 1.56. The Morgan fingerprint density at radius 1 is 1.42 bits per heavy atom. The monoisotopic (exact) mass is 172 g/mol. The van der Waals surface area contributed by atoms with Crippen LogP contribution in [0.15, 0.2) is 0 Å². The number of hydrogen-bond acceptors (Lipinski definition) is 2. The number of carbonyl (C=O) groups excluding carboxylic acids is 1. The van der Waals surface area contributed by atoms with Gasteiger partial charge in [0, 0.05) is 0 Å². The topological polar surface area (TPSA) is 26.3 Å². The molecule has 1 amide bonds. The van der Waals surface area contributed by atoms with Gasteiger partial charge in [0.25, 0.3) is 0 Å². The number of ether oxygens (including phenoxy) is 1. The first-order valence-electron chi connectivity index (χ1n) is 4.73. The lowest BCUT2D eigenvalue weighted by atomic mass is 10.2. The molecule has 0 radical (unpaired) electrons. The Kier molecular flexibility index (Phi) is 3.69. The molecule has 1 rings (SSSR count). The lowest BCUT2D eigenvalue weighted by Gasteiger charge is -2.34. The van der Waals surface area contributed by atoms with Gasteiger partial charge >= 0.3 is 6.41 Å². The molecule has 70 valence electrons. The van der Waals surface area contributed by atoms with E-state index >= 15 is 0 Å². The predicted molar refractivity (Wildman–Crippen MR) is 46.7 cm³/mol. The van der Waals surface area contributed by atoms with Gasteiger partial charge in [0.1, 0.15) is 13.1 Å². The summed E-state index contributed by atoms with van der Waals surface area (Å²) in [5.74, 6) is 0. The van der Waals surface area contributed by atoms with E-state index in [0.29, 0.717) is 4.48 Å². The van der Waals surface area contributed by atoms with Crippen LogP contribution in [0, 0.1) is 0 Å². The maximum atomic E-state index is 10.9. The SMILES string of the molecule is CCCC[N+]1(C=O)CCOCC1. The molecule has 0 unspecified atom stereocenters. The van der Waals surface area contributed by atoms with Crippen molar-refractivity contribution in [2.45, 2.75) is 19.8 Å². The molecule has 1 fully saturated rings. The summed E-state index contributed by atoms with van der Waals surface area (Å²) in [5, 5.41) is 0. The molecule has 12 heavy (non-hydrogen) atoms. The minimum atomic E-state index is 0.619. The number of quaternary nitrogens is 1. The summed E-state index contributed by atoms with van der Waals surface area (Å²) in [6.07, 6.45) is 3.39. The first-order chi connectivity index (χ1) is 5.83. The summed E-state index contributed by atoms with van der Waals surface area (Å²) in [5.41, 5.74) is 0. The quantitative estimate of drug-likeness (QED) is 0.463. The van der Waals surface area contributed by atoms with Crippen LogP contribution < -0.4 is 0 Å². The number of nitrogens with zero attached hydrogens (tertiary/aromatic N) is 1. The second-order valence-corrected chi connectivity index (χ2v) is 3.46. The summed E-state index contributed by atoms with van der Waals surface area (Å²) in [6, 6.07) is 0. The van der Waals surface area contributed by atoms with E-state index < -0.39 is 0 Å². The first kappa shape index (κ1) is 9.68. The normalized spacial score (nSPS) is 22.1. The second kappa shape index (κ2) is 4.58. The van der Waals surface area contributed by atoms with Crippen molar-refractivity contribution in [1.82, 2.24) is 0 Å². The van der Waals surface area contributed by atoms with Crippen molar-refractivity contribution in [3.63, 3.8) is 0 Å². The average Bonchev–Trinajstić information content (AvgIpc) is 2.16. The van der Waals surface area contributed by atoms with Gasteiger partial charge in [-0.2, -0.15) is 0 Å². The van der Waals surface area contributed by atoms with Gasteiger partial charge < -0.3 is 4.74 Å². The largest absolute Gasteiger partial charge is 0.370 e. The van der Waals surface area contributed by atoms with Gasteiger partial charge in [0.05, 0.1) is 19.8 Å². The fourth-order valence-corrected chi connectivity index (χ4v) is 1.56. The van der Waals surface area contributed by atoms with Crippen molar-refractivity contribution in [3.05, 3.63) is 0 Å². The van der Waals surface area contributed by atoms with Gasteiger partial charge in [-0.1, -0.05) is 13.3 Å². The summed E-state index contributed by atoms with van der Waals surface area (Å²) < 4.78 is 5.85. The Hall–Kier alpha value is -0.410. The maximum Gasteiger partial charge on any atom is 0.301 e. The van der Waals surface area contributed by atoms with Gasteiger partial charge in [-0.05, 0) is 6.42 Å². The fraction of sp³-hybridized carbons (Fsp3) is 0.889. The Balaban J connectivity index is 2.42. The third-order valence-electron chi connectivity index (χ3n) is 2.54. The van der Waals surface area contributed by atoms with Crippen LogP contribution in [0.5, 0.6) is 0 Å². The van der Waals surface area contributed by atoms with Crippen molar-refractivity contribution in [3.8, 4) is 0 Å². The molecule has 0 aromatic rings. The molecule has 0 spiro atoms. The number of rotatable bonds is 4. The van der Waals surface area contributed by atoms with Crippen LogP contribution in [0.1, 0.15) is 19.8 Å². The molecule has 3 heteroatoms. The number of hydrogen-bond donors (Lipinski definition) is 0. The zero-order valence-corrected chi connectivity index (χ0v) is 7.79. The van der Waals surface area contributed by atoms with E-state index in [2.05, 4.69) is 6.92 Å². The van der Waals surface area contributed by atoms with E-state index in [-0.39, 0.29) is 0 Å². The highest BCUT2D eigenvalue weighted by molar-refractivity contribution is 5.37. The molecule has 1 aliphatic rings. The summed E-state index contributed by atoms with van der Waals surface area (Å²) >= 11 is 0. The summed E-state index contributed by atoms with van der Waals surface area (Å²) in [7, 11) is 0. The molecule has 0 saturated carbocycles. The average molecular weight is 172 g/mol. The first-order valence-corrected chi connectivity index (χ1v) is 4.73. The molecule has 1 saturated heterocycles. The van der Waals surface area contributed by atoms with Crippen LogP contribution in [0.3, 0.4) is 0 Å². The lowest BCUT2D eigenvalue weighted by molar-refractivity contribution is -0.854. The van der Waals surface area contributed by atoms with E-state index in [9.17, 15) is 4.79 Å². The minimum Gasteiger partial charge on any atom is -0.370 e. The van der Waals surface area contributed by atoms with E-state index in [1.165, 1.54) is 0 Å². The third-order valence-corrected chi connectivity index (χ3v) is 2.54. The number of morpholine rings is 1. The van der Waals surface area contributed by atoms with Gasteiger partial charge in [-0.25, -0.2) is 4.79 Å². The van der Waals surface area contributed by atoms with E-state index in [1.54, 1.807) is 0 Å². The van der Waals surface area contributed by atoms with E-state index in [1.807, 2.05) is 0 Å². The Bertz CT molecular complexity index is 141. The number of unbranched alkanes of at least 4 members (excludes halogenated alkanes) is 1. The zero-order chi connectivity index (χ0) is 8.86. The second-order valence-electron chi connectivity index (χ2n) is 3.46. The Labute approximate surface area is 73.9 Å². The van der Waals surface area contributed by atoms with Crippen molar-refractivity contribution in [2.75, 3.05) is 32.8 Å². The molecular weight excluding hydrogens is 154 g/mol. The summed E-state index contributed by atoms with van der Waals surface area (Å²) in [6.45, 7) is 6.35. The molecular formula is C9H18NO2+. The van der Waals surface area contributed by atoms with Gasteiger partial charge in [0.15, 0.2) is 0 Å². The van der Waals surface area contributed by atoms with Crippen LogP contribution in [-0.4, -0.2) is 43.7 Å². The Morgan fingerprint density at radius 2 is 2.08 bits per heavy atom. The van der Waals surface area contributed by atoms with Crippen molar-refractivity contribution in [1.29, 1.82) is 0 Å². The lowest BCUT2D eigenvalue weighted by Crippen LogP contribution is -2.54. The molecule has 0 bridgehead atoms. The highest BCUT2D eigenvalue weighted by atomic mass is 16.5.